The van der Waals surface area contributed by atoms with Crippen LogP contribution in [0.25, 0.3) is 28.5 Å². The largest absolute Gasteiger partial charge is 0.337 e. The van der Waals surface area contributed by atoms with Gasteiger partial charge < -0.3 is 14.0 Å². The van der Waals surface area contributed by atoms with E-state index in [1.54, 1.807) is 6.33 Å². The number of hydrogen-bond donors (Lipinski definition) is 0. The molecule has 9 heteroatoms. The first kappa shape index (κ1) is 18.1. The molecule has 4 heterocycles. The summed E-state index contributed by atoms with van der Waals surface area (Å²) in [7, 11) is 3.92. The molecule has 148 valence electrons. The van der Waals surface area contributed by atoms with Gasteiger partial charge in [0.05, 0.1) is 23.6 Å². The van der Waals surface area contributed by atoms with Gasteiger partial charge in [-0.05, 0) is 39.2 Å². The van der Waals surface area contributed by atoms with Crippen LogP contribution in [0, 0.1) is 0 Å². The lowest BCUT2D eigenvalue weighted by molar-refractivity contribution is 0.303. The van der Waals surface area contributed by atoms with Crippen molar-refractivity contribution < 1.29 is 4.52 Å². The average Bonchev–Trinajstić information content (AvgIpc) is 3.39. The molecule has 0 amide bonds. The second-order valence-corrected chi connectivity index (χ2v) is 7.79. The Morgan fingerprint density at radius 2 is 2.10 bits per heavy atom. The van der Waals surface area contributed by atoms with Gasteiger partial charge >= 0.3 is 0 Å². The predicted molar refractivity (Wildman–Crippen MR) is 109 cm³/mol. The zero-order valence-electron chi connectivity index (χ0n) is 16.4. The van der Waals surface area contributed by atoms with E-state index >= 15 is 0 Å². The topological polar surface area (TPSA) is 77.8 Å². The van der Waals surface area contributed by atoms with Crippen LogP contribution in [0.2, 0.25) is 5.02 Å². The Kier molecular flexibility index (Phi) is 4.25. The average molecular weight is 410 g/mol. The molecule has 0 radical (unpaired) electrons. The van der Waals surface area contributed by atoms with Crippen molar-refractivity contribution in [2.75, 3.05) is 14.1 Å². The van der Waals surface area contributed by atoms with Gasteiger partial charge in [-0.2, -0.15) is 10.1 Å². The van der Waals surface area contributed by atoms with Crippen molar-refractivity contribution >= 4 is 11.6 Å². The third kappa shape index (κ3) is 3.04. The van der Waals surface area contributed by atoms with Crippen molar-refractivity contribution in [2.24, 2.45) is 0 Å². The smallest absolute Gasteiger partial charge is 0.241 e. The molecule has 0 N–H and O–H groups in total. The summed E-state index contributed by atoms with van der Waals surface area (Å²) in [5.74, 6) is 1.06. The molecule has 4 aromatic rings. The number of imidazole rings is 1. The van der Waals surface area contributed by atoms with Gasteiger partial charge in [0.15, 0.2) is 0 Å². The molecule has 8 nitrogen and oxygen atoms in total. The van der Waals surface area contributed by atoms with E-state index in [-0.39, 0.29) is 0 Å². The lowest BCUT2D eigenvalue weighted by Gasteiger charge is -2.09. The Morgan fingerprint density at radius 3 is 2.90 bits per heavy atom. The SMILES string of the molecule is CCn1cc2c(n1)-c1cc(Cl)ccc1-n1cnc(-c3noc(CN(C)C)n3)c1C2. The van der Waals surface area contributed by atoms with Crippen LogP contribution in [-0.2, 0) is 19.5 Å². The Labute approximate surface area is 172 Å². The van der Waals surface area contributed by atoms with E-state index in [4.69, 9.17) is 21.2 Å². The van der Waals surface area contributed by atoms with E-state index in [2.05, 4.69) is 32.8 Å². The molecule has 0 saturated carbocycles. The maximum Gasteiger partial charge on any atom is 0.241 e. The minimum absolute atomic E-state index is 0.498. The minimum Gasteiger partial charge on any atom is -0.337 e. The van der Waals surface area contributed by atoms with Crippen molar-refractivity contribution in [3.8, 4) is 28.5 Å². The Balaban J connectivity index is 1.68. The van der Waals surface area contributed by atoms with Gasteiger partial charge in [0, 0.05) is 35.3 Å². The highest BCUT2D eigenvalue weighted by Gasteiger charge is 2.27. The first-order chi connectivity index (χ1) is 14.0. The van der Waals surface area contributed by atoms with E-state index in [1.807, 2.05) is 41.9 Å². The number of benzene rings is 1. The molecule has 0 saturated heterocycles. The molecule has 0 bridgehead atoms. The highest BCUT2D eigenvalue weighted by atomic mass is 35.5. The molecule has 3 aromatic heterocycles. The van der Waals surface area contributed by atoms with Crippen LogP contribution < -0.4 is 0 Å². The van der Waals surface area contributed by atoms with Crippen molar-refractivity contribution in [1.82, 2.24) is 34.4 Å². The highest BCUT2D eigenvalue weighted by molar-refractivity contribution is 6.31. The van der Waals surface area contributed by atoms with Gasteiger partial charge in [0.1, 0.15) is 12.0 Å². The summed E-state index contributed by atoms with van der Waals surface area (Å²) in [6, 6.07) is 5.84. The van der Waals surface area contributed by atoms with Gasteiger partial charge in [0.2, 0.25) is 11.7 Å². The summed E-state index contributed by atoms with van der Waals surface area (Å²) in [5, 5.41) is 9.63. The predicted octanol–water partition coefficient (Wildman–Crippen LogP) is 3.42. The van der Waals surface area contributed by atoms with Gasteiger partial charge in [-0.15, -0.1) is 0 Å². The Hall–Kier alpha value is -2.97. The van der Waals surface area contributed by atoms with Gasteiger partial charge in [0.25, 0.3) is 0 Å². The van der Waals surface area contributed by atoms with Crippen LogP contribution in [0.4, 0.5) is 0 Å². The normalized spacial score (nSPS) is 12.6. The van der Waals surface area contributed by atoms with Crippen molar-refractivity contribution in [2.45, 2.75) is 26.4 Å². The zero-order chi connectivity index (χ0) is 20.1. The molecular weight excluding hydrogens is 390 g/mol. The maximum atomic E-state index is 6.31. The number of aromatic nitrogens is 6. The van der Waals surface area contributed by atoms with Crippen LogP contribution in [0.5, 0.6) is 0 Å². The van der Waals surface area contributed by atoms with E-state index < -0.39 is 0 Å². The van der Waals surface area contributed by atoms with Gasteiger partial charge in [-0.3, -0.25) is 4.68 Å². The number of fused-ring (bicyclic) bond motifs is 5. The summed E-state index contributed by atoms with van der Waals surface area (Å²) in [6.07, 6.45) is 4.55. The lowest BCUT2D eigenvalue weighted by Crippen LogP contribution is -2.10. The molecule has 1 aromatic carbocycles. The third-order valence-corrected chi connectivity index (χ3v) is 5.23. The molecule has 0 fully saturated rings. The fourth-order valence-electron chi connectivity index (χ4n) is 3.69. The Bertz CT molecular complexity index is 1200. The van der Waals surface area contributed by atoms with E-state index in [0.29, 0.717) is 29.7 Å². The first-order valence-electron chi connectivity index (χ1n) is 9.44. The van der Waals surface area contributed by atoms with Gasteiger partial charge in [-0.25, -0.2) is 4.98 Å². The number of hydrogen-bond acceptors (Lipinski definition) is 6. The standard InChI is InChI=1S/C20H20ClN7O/c1-4-27-9-12-7-16-19(20-23-17(29-25-20)10-26(2)3)22-11-28(16)15-6-5-13(21)8-14(15)18(12)24-27/h5-6,8-9,11H,4,7,10H2,1-3H3. The molecule has 0 unspecified atom stereocenters. The van der Waals surface area contributed by atoms with E-state index in [9.17, 15) is 0 Å². The van der Waals surface area contributed by atoms with E-state index in [1.165, 1.54) is 0 Å². The molecule has 0 aliphatic carbocycles. The third-order valence-electron chi connectivity index (χ3n) is 4.99. The molecule has 0 atom stereocenters. The minimum atomic E-state index is 0.498. The number of aryl methyl sites for hydroxylation is 1. The molecule has 0 spiro atoms. The second-order valence-electron chi connectivity index (χ2n) is 7.36. The summed E-state index contributed by atoms with van der Waals surface area (Å²) >= 11 is 6.31. The van der Waals surface area contributed by atoms with Crippen molar-refractivity contribution in [1.29, 1.82) is 0 Å². The van der Waals surface area contributed by atoms with E-state index in [0.717, 1.165) is 40.4 Å². The summed E-state index contributed by atoms with van der Waals surface area (Å²) in [6.45, 7) is 3.46. The number of nitrogens with zero attached hydrogens (tertiary/aromatic N) is 7. The molecular formula is C20H20ClN7O. The second kappa shape index (κ2) is 6.82. The van der Waals surface area contributed by atoms with Crippen LogP contribution >= 0.6 is 11.6 Å². The van der Waals surface area contributed by atoms with Crippen LogP contribution in [0.15, 0.2) is 35.2 Å². The van der Waals surface area contributed by atoms with Crippen molar-refractivity contribution in [3.63, 3.8) is 0 Å². The van der Waals surface area contributed by atoms with Crippen molar-refractivity contribution in [3.05, 3.63) is 52.9 Å². The number of rotatable bonds is 4. The fourth-order valence-corrected chi connectivity index (χ4v) is 3.86. The van der Waals surface area contributed by atoms with Crippen LogP contribution in [-0.4, -0.2) is 48.5 Å². The summed E-state index contributed by atoms with van der Waals surface area (Å²) in [4.78, 5) is 11.2. The van der Waals surface area contributed by atoms with Crippen LogP contribution in [0.3, 0.4) is 0 Å². The Morgan fingerprint density at radius 1 is 1.24 bits per heavy atom. The summed E-state index contributed by atoms with van der Waals surface area (Å²) < 4.78 is 9.43. The van der Waals surface area contributed by atoms with Crippen LogP contribution in [0.1, 0.15) is 24.1 Å². The summed E-state index contributed by atoms with van der Waals surface area (Å²) in [5.41, 5.74) is 5.76. The van der Waals surface area contributed by atoms with Gasteiger partial charge in [-0.1, -0.05) is 16.8 Å². The monoisotopic (exact) mass is 409 g/mol. The number of halogens is 1. The lowest BCUT2D eigenvalue weighted by atomic mass is 10.0. The molecule has 1 aliphatic rings. The maximum absolute atomic E-state index is 6.31. The molecule has 29 heavy (non-hydrogen) atoms. The first-order valence-corrected chi connectivity index (χ1v) is 9.81. The molecule has 5 rings (SSSR count). The zero-order valence-corrected chi connectivity index (χ0v) is 17.2. The highest BCUT2D eigenvalue weighted by Crippen LogP contribution is 2.38. The molecule has 1 aliphatic heterocycles. The quantitative estimate of drug-likeness (QED) is 0.452. The fraction of sp³-hybridized carbons (Fsp3) is 0.300.